The molecule has 0 saturated carbocycles. The molecule has 2 rings (SSSR count). The first-order chi connectivity index (χ1) is 11.9. The zero-order chi connectivity index (χ0) is 18.4. The van der Waals surface area contributed by atoms with Crippen molar-refractivity contribution in [1.29, 1.82) is 0 Å². The fourth-order valence-corrected chi connectivity index (χ4v) is 2.53. The van der Waals surface area contributed by atoms with E-state index in [-0.39, 0.29) is 11.5 Å². The molecule has 2 aromatic carbocycles. The van der Waals surface area contributed by atoms with Crippen LogP contribution in [-0.2, 0) is 0 Å². The average Bonchev–Trinajstić information content (AvgIpc) is 2.61. The van der Waals surface area contributed by atoms with Crippen molar-refractivity contribution in [3.63, 3.8) is 0 Å². The van der Waals surface area contributed by atoms with Crippen molar-refractivity contribution in [2.75, 3.05) is 23.8 Å². The van der Waals surface area contributed by atoms with Crippen molar-refractivity contribution < 1.29 is 9.59 Å². The zero-order valence-electron chi connectivity index (χ0n) is 14.4. The molecular formula is C19H22ClN3O2. The Morgan fingerprint density at radius 2 is 1.76 bits per heavy atom. The predicted molar refractivity (Wildman–Crippen MR) is 103 cm³/mol. The molecule has 0 aromatic heterocycles. The van der Waals surface area contributed by atoms with Crippen LogP contribution in [0.1, 0.15) is 40.5 Å². The summed E-state index contributed by atoms with van der Waals surface area (Å²) < 4.78 is 0. The van der Waals surface area contributed by atoms with Crippen molar-refractivity contribution in [3.8, 4) is 0 Å². The summed E-state index contributed by atoms with van der Waals surface area (Å²) in [5, 5.41) is 3.05. The number of nitrogens with one attached hydrogen (secondary N) is 1. The van der Waals surface area contributed by atoms with Gasteiger partial charge in [0.25, 0.3) is 5.91 Å². The number of unbranched alkanes of at least 4 members (excludes halogenated alkanes) is 1. The lowest BCUT2D eigenvalue weighted by Gasteiger charge is -2.19. The second-order valence-corrected chi connectivity index (χ2v) is 6.24. The van der Waals surface area contributed by atoms with Gasteiger partial charge in [0.1, 0.15) is 0 Å². The van der Waals surface area contributed by atoms with E-state index in [0.29, 0.717) is 16.3 Å². The summed E-state index contributed by atoms with van der Waals surface area (Å²) in [6.07, 6.45) is 2.25. The zero-order valence-corrected chi connectivity index (χ0v) is 15.1. The summed E-state index contributed by atoms with van der Waals surface area (Å²) in [4.78, 5) is 25.8. The fraction of sp³-hybridized carbons (Fsp3) is 0.263. The molecule has 0 saturated heterocycles. The highest BCUT2D eigenvalue weighted by Crippen LogP contribution is 2.24. The molecule has 0 aliphatic rings. The second kappa shape index (κ2) is 8.53. The topological polar surface area (TPSA) is 75.4 Å². The van der Waals surface area contributed by atoms with Gasteiger partial charge in [0.2, 0.25) is 5.91 Å². The lowest BCUT2D eigenvalue weighted by Crippen LogP contribution is -2.18. The molecule has 0 atom stereocenters. The summed E-state index contributed by atoms with van der Waals surface area (Å²) in [5.41, 5.74) is 7.46. The Hall–Kier alpha value is -2.53. The predicted octanol–water partition coefficient (Wildman–Crippen LogP) is 3.93. The summed E-state index contributed by atoms with van der Waals surface area (Å²) in [7, 11) is 2.03. The maximum Gasteiger partial charge on any atom is 0.255 e. The van der Waals surface area contributed by atoms with E-state index in [0.717, 1.165) is 25.1 Å². The van der Waals surface area contributed by atoms with Crippen LogP contribution in [0.25, 0.3) is 0 Å². The molecule has 0 aliphatic carbocycles. The summed E-state index contributed by atoms with van der Waals surface area (Å²) in [6, 6.07) is 11.9. The number of carbonyl (C=O) groups is 2. The number of rotatable bonds is 7. The summed E-state index contributed by atoms with van der Waals surface area (Å²) in [6.45, 7) is 3.12. The van der Waals surface area contributed by atoms with Gasteiger partial charge in [-0.05, 0) is 48.9 Å². The second-order valence-electron chi connectivity index (χ2n) is 5.83. The van der Waals surface area contributed by atoms with Crippen molar-refractivity contribution >= 4 is 34.8 Å². The standard InChI is InChI=1S/C19H22ClN3O2/c1-3-4-11-23(2)15-8-5-13(6-9-15)19(25)22-17-12-14(18(21)24)7-10-16(17)20/h5-10,12H,3-4,11H2,1-2H3,(H2,21,24)(H,22,25). The number of carbonyl (C=O) groups excluding carboxylic acids is 2. The Bertz CT molecular complexity index is 760. The lowest BCUT2D eigenvalue weighted by atomic mass is 10.1. The number of halogens is 1. The summed E-state index contributed by atoms with van der Waals surface area (Å²) >= 11 is 6.07. The van der Waals surface area contributed by atoms with E-state index in [1.54, 1.807) is 12.1 Å². The summed E-state index contributed by atoms with van der Waals surface area (Å²) in [5.74, 6) is -0.877. The average molecular weight is 360 g/mol. The highest BCUT2D eigenvalue weighted by Gasteiger charge is 2.11. The molecular weight excluding hydrogens is 338 g/mol. The molecule has 25 heavy (non-hydrogen) atoms. The normalized spacial score (nSPS) is 10.4. The van der Waals surface area contributed by atoms with Crippen molar-refractivity contribution in [2.45, 2.75) is 19.8 Å². The van der Waals surface area contributed by atoms with Gasteiger partial charge < -0.3 is 16.0 Å². The Kier molecular flexibility index (Phi) is 6.42. The number of amides is 2. The lowest BCUT2D eigenvalue weighted by molar-refractivity contribution is 0.0996. The van der Waals surface area contributed by atoms with Gasteiger partial charge in [-0.2, -0.15) is 0 Å². The van der Waals surface area contributed by atoms with Gasteiger partial charge in [-0.15, -0.1) is 0 Å². The van der Waals surface area contributed by atoms with Crippen LogP contribution in [0.15, 0.2) is 42.5 Å². The van der Waals surface area contributed by atoms with E-state index in [9.17, 15) is 9.59 Å². The van der Waals surface area contributed by atoms with Gasteiger partial charge in [0.05, 0.1) is 10.7 Å². The van der Waals surface area contributed by atoms with E-state index in [1.165, 1.54) is 18.2 Å². The monoisotopic (exact) mass is 359 g/mol. The minimum absolute atomic E-state index is 0.285. The van der Waals surface area contributed by atoms with Crippen molar-refractivity contribution in [3.05, 3.63) is 58.6 Å². The molecule has 132 valence electrons. The maximum absolute atomic E-state index is 12.4. The minimum Gasteiger partial charge on any atom is -0.375 e. The quantitative estimate of drug-likeness (QED) is 0.786. The maximum atomic E-state index is 12.4. The van der Waals surface area contributed by atoms with E-state index in [4.69, 9.17) is 17.3 Å². The van der Waals surface area contributed by atoms with Crippen LogP contribution in [0.5, 0.6) is 0 Å². The number of nitrogens with zero attached hydrogens (tertiary/aromatic N) is 1. The molecule has 5 nitrogen and oxygen atoms in total. The van der Waals surface area contributed by atoms with Crippen LogP contribution >= 0.6 is 11.6 Å². The van der Waals surface area contributed by atoms with Crippen LogP contribution in [0.4, 0.5) is 11.4 Å². The van der Waals surface area contributed by atoms with Crippen LogP contribution in [-0.4, -0.2) is 25.4 Å². The molecule has 0 fully saturated rings. The largest absolute Gasteiger partial charge is 0.375 e. The Morgan fingerprint density at radius 3 is 2.36 bits per heavy atom. The van der Waals surface area contributed by atoms with Crippen LogP contribution in [0, 0.1) is 0 Å². The Morgan fingerprint density at radius 1 is 1.12 bits per heavy atom. The van der Waals surface area contributed by atoms with E-state index in [2.05, 4.69) is 17.1 Å². The van der Waals surface area contributed by atoms with Gasteiger partial charge in [-0.1, -0.05) is 24.9 Å². The Labute approximate surface area is 152 Å². The van der Waals surface area contributed by atoms with Crippen LogP contribution in [0.2, 0.25) is 5.02 Å². The first-order valence-electron chi connectivity index (χ1n) is 8.14. The van der Waals surface area contributed by atoms with E-state index >= 15 is 0 Å². The molecule has 0 unspecified atom stereocenters. The smallest absolute Gasteiger partial charge is 0.255 e. The van der Waals surface area contributed by atoms with Gasteiger partial charge >= 0.3 is 0 Å². The number of hydrogen-bond acceptors (Lipinski definition) is 3. The highest BCUT2D eigenvalue weighted by atomic mass is 35.5. The number of benzene rings is 2. The molecule has 2 aromatic rings. The molecule has 0 aliphatic heterocycles. The first kappa shape index (κ1) is 18.8. The van der Waals surface area contributed by atoms with Gasteiger partial charge in [-0.3, -0.25) is 9.59 Å². The highest BCUT2D eigenvalue weighted by molar-refractivity contribution is 6.34. The molecule has 6 heteroatoms. The Balaban J connectivity index is 2.11. The molecule has 0 heterocycles. The number of nitrogens with two attached hydrogens (primary N) is 1. The molecule has 0 radical (unpaired) electrons. The van der Waals surface area contributed by atoms with Gasteiger partial charge in [-0.25, -0.2) is 0 Å². The molecule has 3 N–H and O–H groups in total. The van der Waals surface area contributed by atoms with Gasteiger partial charge in [0.15, 0.2) is 0 Å². The fourth-order valence-electron chi connectivity index (χ4n) is 2.36. The van der Waals surface area contributed by atoms with Crippen LogP contribution in [0.3, 0.4) is 0 Å². The number of anilines is 2. The third kappa shape index (κ3) is 4.97. The van der Waals surface area contributed by atoms with Crippen molar-refractivity contribution in [2.24, 2.45) is 5.73 Å². The number of hydrogen-bond donors (Lipinski definition) is 2. The van der Waals surface area contributed by atoms with Crippen molar-refractivity contribution in [1.82, 2.24) is 0 Å². The number of primary amides is 1. The molecule has 0 bridgehead atoms. The molecule has 0 spiro atoms. The van der Waals surface area contributed by atoms with E-state index < -0.39 is 5.91 Å². The van der Waals surface area contributed by atoms with E-state index in [1.807, 2.05) is 19.2 Å². The minimum atomic E-state index is -0.577. The third-order valence-electron chi connectivity index (χ3n) is 3.92. The van der Waals surface area contributed by atoms with Gasteiger partial charge in [0, 0.05) is 30.4 Å². The first-order valence-corrected chi connectivity index (χ1v) is 8.52. The SMILES string of the molecule is CCCCN(C)c1ccc(C(=O)Nc2cc(C(N)=O)ccc2Cl)cc1. The molecule has 2 amide bonds. The third-order valence-corrected chi connectivity index (χ3v) is 4.25. The van der Waals surface area contributed by atoms with Crippen LogP contribution < -0.4 is 16.0 Å².